The quantitative estimate of drug-likeness (QED) is 0.412. The van der Waals surface area contributed by atoms with Crippen LogP contribution in [0.2, 0.25) is 0 Å². The Hall–Kier alpha value is -2.66. The highest BCUT2D eigenvalue weighted by Crippen LogP contribution is 2.32. The summed E-state index contributed by atoms with van der Waals surface area (Å²) in [6, 6.07) is 11.2. The number of aromatic nitrogens is 1. The molecule has 2 aromatic rings. The summed E-state index contributed by atoms with van der Waals surface area (Å²) in [4.78, 5) is 3.17. The van der Waals surface area contributed by atoms with Crippen molar-refractivity contribution in [1.29, 1.82) is 0 Å². The van der Waals surface area contributed by atoms with Crippen molar-refractivity contribution in [2.24, 2.45) is 0 Å². The van der Waals surface area contributed by atoms with Crippen LogP contribution in [0.5, 0.6) is 0 Å². The maximum absolute atomic E-state index is 4.68. The van der Waals surface area contributed by atoms with Crippen LogP contribution >= 0.6 is 0 Å². The van der Waals surface area contributed by atoms with Crippen LogP contribution < -0.4 is 4.57 Å². The first-order valence-corrected chi connectivity index (χ1v) is 10.4. The molecule has 0 aliphatic carbocycles. The lowest BCUT2D eigenvalue weighted by atomic mass is 9.87. The van der Waals surface area contributed by atoms with Crippen LogP contribution in [0, 0.1) is 6.57 Å². The van der Waals surface area contributed by atoms with E-state index in [1.807, 2.05) is 20.8 Å². The van der Waals surface area contributed by atoms with Gasteiger partial charge < -0.3 is 0 Å². The van der Waals surface area contributed by atoms with Gasteiger partial charge in [0.25, 0.3) is 6.57 Å². The largest absolute Gasteiger partial charge is 0.300 e. The topological polar surface area (TPSA) is 8.24 Å². The second-order valence-electron chi connectivity index (χ2n) is 6.74. The normalized spacial score (nSPS) is 11.0. The molecule has 0 saturated heterocycles. The number of pyridine rings is 1. The first kappa shape index (κ1) is 23.4. The van der Waals surface area contributed by atoms with Gasteiger partial charge in [-0.05, 0) is 67.3 Å². The van der Waals surface area contributed by atoms with Crippen molar-refractivity contribution in [1.82, 2.24) is 0 Å². The van der Waals surface area contributed by atoms with Crippen LogP contribution in [-0.4, -0.2) is 0 Å². The fourth-order valence-corrected chi connectivity index (χ4v) is 3.36. The van der Waals surface area contributed by atoms with E-state index in [4.69, 9.17) is 0 Å². The molecule has 28 heavy (non-hydrogen) atoms. The summed E-state index contributed by atoms with van der Waals surface area (Å²) < 4.78 is 2.40. The lowest BCUT2D eigenvalue weighted by Crippen LogP contribution is -2.40. The highest BCUT2D eigenvalue weighted by molar-refractivity contribution is 5.69. The van der Waals surface area contributed by atoms with Crippen molar-refractivity contribution >= 4 is 0 Å². The van der Waals surface area contributed by atoms with E-state index in [9.17, 15) is 0 Å². The fourth-order valence-electron chi connectivity index (χ4n) is 3.36. The summed E-state index contributed by atoms with van der Waals surface area (Å²) >= 11 is 0. The van der Waals surface area contributed by atoms with Gasteiger partial charge in [-0.15, -0.1) is 0 Å². The molecule has 2 heteroatoms. The van der Waals surface area contributed by atoms with Crippen LogP contribution in [0.1, 0.15) is 58.2 Å². The van der Waals surface area contributed by atoms with Crippen LogP contribution in [0.15, 0.2) is 60.5 Å². The predicted octanol–water partition coefficient (Wildman–Crippen LogP) is 6.78. The Morgan fingerprint density at radius 1 is 1.18 bits per heavy atom. The van der Waals surface area contributed by atoms with Gasteiger partial charge in [0.2, 0.25) is 5.69 Å². The molecule has 3 rings (SSSR count). The molecule has 0 radical (unpaired) electrons. The Labute approximate surface area is 172 Å². The summed E-state index contributed by atoms with van der Waals surface area (Å²) in [5.41, 5.74) is 8.78. The van der Waals surface area contributed by atoms with Crippen molar-refractivity contribution in [3.8, 4) is 17.8 Å². The average molecular weight is 377 g/mol. The third-order valence-corrected chi connectivity index (χ3v) is 4.65. The summed E-state index contributed by atoms with van der Waals surface area (Å²) in [6.45, 7) is 18.3. The number of rotatable bonds is 3. The van der Waals surface area contributed by atoms with Gasteiger partial charge in [-0.2, -0.15) is 4.57 Å². The van der Waals surface area contributed by atoms with Gasteiger partial charge in [-0.3, -0.25) is 0 Å². The molecule has 0 amide bonds. The Morgan fingerprint density at radius 3 is 2.50 bits per heavy atom. The molecule has 2 nitrogen and oxygen atoms in total. The molecular formula is C26H36N2+2. The van der Waals surface area contributed by atoms with E-state index in [1.165, 1.54) is 39.7 Å². The van der Waals surface area contributed by atoms with Crippen LogP contribution in [0.25, 0.3) is 16.1 Å². The van der Waals surface area contributed by atoms with E-state index < -0.39 is 0 Å². The van der Waals surface area contributed by atoms with Gasteiger partial charge in [0.1, 0.15) is 0 Å². The molecule has 1 aliphatic rings. The number of benzene rings is 1. The molecule has 0 unspecified atom stereocenters. The van der Waals surface area contributed by atoms with Crippen LogP contribution in [0.3, 0.4) is 0 Å². The minimum Gasteiger partial charge on any atom is -0.198 e. The SMILES string of the molecule is C#[N+]/C=C\C.CC.CCc1ccc2c(c1CC=C(C)C)-c1cccc[n+]1CC2. The third kappa shape index (κ3) is 6.20. The van der Waals surface area contributed by atoms with Crippen molar-refractivity contribution < 1.29 is 4.57 Å². The number of nitrogens with zero attached hydrogens (tertiary/aromatic N) is 2. The molecule has 0 N–H and O–H groups in total. The Kier molecular flexibility index (Phi) is 10.6. The molecule has 2 heterocycles. The van der Waals surface area contributed by atoms with E-state index in [0.29, 0.717) is 0 Å². The zero-order valence-corrected chi connectivity index (χ0v) is 18.5. The lowest BCUT2D eigenvalue weighted by Gasteiger charge is -2.20. The summed E-state index contributed by atoms with van der Waals surface area (Å²) in [6.07, 6.45) is 11.1. The van der Waals surface area contributed by atoms with Crippen LogP contribution in [-0.2, 0) is 25.8 Å². The number of hydrogen-bond donors (Lipinski definition) is 0. The second-order valence-corrected chi connectivity index (χ2v) is 6.74. The first-order valence-electron chi connectivity index (χ1n) is 10.4. The molecule has 0 fully saturated rings. The van der Waals surface area contributed by atoms with Gasteiger partial charge in [0.15, 0.2) is 12.7 Å². The average Bonchev–Trinajstić information content (AvgIpc) is 2.74. The Morgan fingerprint density at radius 2 is 1.93 bits per heavy atom. The minimum atomic E-state index is 1.05. The molecular weight excluding hydrogens is 340 g/mol. The molecule has 1 aliphatic heterocycles. The molecule has 0 bridgehead atoms. The highest BCUT2D eigenvalue weighted by atomic mass is 15.0. The third-order valence-electron chi connectivity index (χ3n) is 4.65. The van der Waals surface area contributed by atoms with Gasteiger partial charge in [-0.1, -0.05) is 44.6 Å². The minimum absolute atomic E-state index is 1.05. The van der Waals surface area contributed by atoms with Gasteiger partial charge >= 0.3 is 6.20 Å². The molecule has 0 saturated carbocycles. The van der Waals surface area contributed by atoms with Crippen molar-refractivity contribution in [3.05, 3.63) is 82.0 Å². The van der Waals surface area contributed by atoms with E-state index in [2.05, 4.69) is 79.4 Å². The zero-order valence-electron chi connectivity index (χ0n) is 18.5. The van der Waals surface area contributed by atoms with Crippen molar-refractivity contribution in [2.45, 2.75) is 67.3 Å². The zero-order chi connectivity index (χ0) is 20.9. The molecule has 0 spiro atoms. The van der Waals surface area contributed by atoms with Gasteiger partial charge in [-0.25, -0.2) is 0 Å². The van der Waals surface area contributed by atoms with E-state index in [0.717, 1.165) is 25.8 Å². The first-order chi connectivity index (χ1) is 13.6. The van der Waals surface area contributed by atoms with Gasteiger partial charge in [0.05, 0.1) is 5.56 Å². The van der Waals surface area contributed by atoms with Gasteiger partial charge in [0, 0.05) is 18.6 Å². The van der Waals surface area contributed by atoms with Crippen molar-refractivity contribution in [3.63, 3.8) is 0 Å². The number of allylic oxidation sites excluding steroid dienone is 3. The van der Waals surface area contributed by atoms with E-state index in [1.54, 1.807) is 6.08 Å². The maximum Gasteiger partial charge on any atom is 0.300 e. The maximum atomic E-state index is 4.68. The van der Waals surface area contributed by atoms with E-state index >= 15 is 0 Å². The Balaban J connectivity index is 0.000000490. The fraction of sp³-hybridized carbons (Fsp3) is 0.385. The van der Waals surface area contributed by atoms with Crippen molar-refractivity contribution in [2.75, 3.05) is 0 Å². The van der Waals surface area contributed by atoms with Crippen LogP contribution in [0.4, 0.5) is 0 Å². The number of aryl methyl sites for hydroxylation is 3. The summed E-state index contributed by atoms with van der Waals surface area (Å²) in [7, 11) is 0. The molecule has 1 aromatic heterocycles. The standard InChI is InChI=1S/C20H24N.C4H6N.C2H6/c1-4-16-9-10-17-12-14-21-13-6-5-7-19(21)20(17)18(16)11-8-15(2)3;1-3-4-5-2;1-2/h5-10,13H,4,11-12,14H2,1-3H3;2-4H,1H3;1-2H3/q2*+1;/b;4-3-;. The summed E-state index contributed by atoms with van der Waals surface area (Å²) in [5.74, 6) is 0. The summed E-state index contributed by atoms with van der Waals surface area (Å²) in [5, 5.41) is 0. The van der Waals surface area contributed by atoms with E-state index in [-0.39, 0.29) is 0 Å². The second kappa shape index (κ2) is 12.7. The number of fused-ring (bicyclic) bond motifs is 3. The predicted molar refractivity (Wildman–Crippen MR) is 123 cm³/mol. The smallest absolute Gasteiger partial charge is 0.198 e. The number of hydrogen-bond acceptors (Lipinski definition) is 0. The Bertz CT molecular complexity index is 847. The molecule has 148 valence electrons. The monoisotopic (exact) mass is 376 g/mol. The molecule has 0 atom stereocenters. The molecule has 1 aromatic carbocycles. The lowest BCUT2D eigenvalue weighted by molar-refractivity contribution is -0.687. The highest BCUT2D eigenvalue weighted by Gasteiger charge is 2.25.